The van der Waals surface area contributed by atoms with Gasteiger partial charge in [-0.1, -0.05) is 13.8 Å². The number of nitrogens with zero attached hydrogens (tertiary/aromatic N) is 3. The van der Waals surface area contributed by atoms with Crippen LogP contribution in [0.4, 0.5) is 0 Å². The molecule has 1 aliphatic rings. The molecule has 0 bridgehead atoms. The van der Waals surface area contributed by atoms with Crippen LogP contribution in [0.1, 0.15) is 69.2 Å². The monoisotopic (exact) mass is 484 g/mol. The van der Waals surface area contributed by atoms with E-state index in [1.54, 1.807) is 38.4 Å². The van der Waals surface area contributed by atoms with E-state index in [0.717, 1.165) is 24.2 Å². The van der Waals surface area contributed by atoms with Gasteiger partial charge in [-0.25, -0.2) is 4.79 Å². The number of fused-ring (bicyclic) bond motifs is 1. The average Bonchev–Trinajstić information content (AvgIpc) is 3.18. The lowest BCUT2D eigenvalue weighted by molar-refractivity contribution is 0.0435. The zero-order valence-corrected chi connectivity index (χ0v) is 21.1. The van der Waals surface area contributed by atoms with Crippen molar-refractivity contribution in [2.24, 2.45) is 5.92 Å². The molecule has 35 heavy (non-hydrogen) atoms. The minimum absolute atomic E-state index is 0.0141. The second-order valence-electron chi connectivity index (χ2n) is 9.11. The van der Waals surface area contributed by atoms with Crippen molar-refractivity contribution in [3.63, 3.8) is 0 Å². The summed E-state index contributed by atoms with van der Waals surface area (Å²) in [5.41, 5.74) is 3.27. The molecule has 2 heterocycles. The number of esters is 1. The van der Waals surface area contributed by atoms with Gasteiger partial charge in [0.25, 0.3) is 11.8 Å². The zero-order chi connectivity index (χ0) is 25.4. The molecule has 1 aromatic heterocycles. The van der Waals surface area contributed by atoms with Gasteiger partial charge < -0.3 is 19.7 Å². The number of carbonyl (C=O) groups is 3. The molecule has 0 saturated carbocycles. The van der Waals surface area contributed by atoms with Crippen LogP contribution in [0.3, 0.4) is 0 Å². The number of aryl methyl sites for hydroxylation is 1. The van der Waals surface area contributed by atoms with Crippen molar-refractivity contribution < 1.29 is 23.9 Å². The van der Waals surface area contributed by atoms with Crippen molar-refractivity contribution in [3.8, 4) is 0 Å². The molecule has 1 atom stereocenters. The van der Waals surface area contributed by atoms with E-state index in [9.17, 15) is 14.4 Å². The summed E-state index contributed by atoms with van der Waals surface area (Å²) in [6.45, 7) is 6.58. The highest BCUT2D eigenvalue weighted by Crippen LogP contribution is 2.20. The average molecular weight is 485 g/mol. The number of benzene rings is 1. The Morgan fingerprint density at radius 1 is 1.17 bits per heavy atom. The number of ether oxygens (including phenoxy) is 2. The van der Waals surface area contributed by atoms with E-state index in [2.05, 4.69) is 5.32 Å². The maximum absolute atomic E-state index is 12.9. The van der Waals surface area contributed by atoms with Gasteiger partial charge in [-0.05, 0) is 49.9 Å². The molecule has 3 rings (SSSR count). The Morgan fingerprint density at radius 3 is 2.54 bits per heavy atom. The van der Waals surface area contributed by atoms with Crippen LogP contribution in [0.25, 0.3) is 0 Å². The van der Waals surface area contributed by atoms with Crippen LogP contribution in [0.15, 0.2) is 24.3 Å². The molecule has 0 aliphatic carbocycles. The number of hydrogen-bond donors (Lipinski definition) is 1. The van der Waals surface area contributed by atoms with Crippen molar-refractivity contribution in [1.29, 1.82) is 0 Å². The summed E-state index contributed by atoms with van der Waals surface area (Å²) in [6, 6.07) is 6.45. The van der Waals surface area contributed by atoms with Crippen molar-refractivity contribution in [2.75, 3.05) is 40.5 Å². The van der Waals surface area contributed by atoms with E-state index in [0.29, 0.717) is 55.8 Å². The van der Waals surface area contributed by atoms with E-state index < -0.39 is 5.97 Å². The van der Waals surface area contributed by atoms with E-state index in [1.165, 1.54) is 4.90 Å². The van der Waals surface area contributed by atoms with Crippen molar-refractivity contribution in [3.05, 3.63) is 52.3 Å². The highest BCUT2D eigenvalue weighted by Gasteiger charge is 2.24. The molecule has 2 amide bonds. The van der Waals surface area contributed by atoms with Crippen molar-refractivity contribution in [2.45, 2.75) is 46.1 Å². The molecule has 190 valence electrons. The second-order valence-corrected chi connectivity index (χ2v) is 9.11. The topological polar surface area (TPSA) is 103 Å². The highest BCUT2D eigenvalue weighted by atomic mass is 16.5. The summed E-state index contributed by atoms with van der Waals surface area (Å²) >= 11 is 0. The Bertz CT molecular complexity index is 1030. The van der Waals surface area contributed by atoms with E-state index in [-0.39, 0.29) is 24.3 Å². The Hall–Kier alpha value is -3.20. The van der Waals surface area contributed by atoms with Crippen LogP contribution >= 0.6 is 0 Å². The number of nitrogens with one attached hydrogen (secondary N) is 1. The maximum Gasteiger partial charge on any atom is 0.338 e. The fourth-order valence-corrected chi connectivity index (χ4v) is 4.03. The Labute approximate surface area is 206 Å². The number of carbonyl (C=O) groups excluding carboxylic acids is 3. The fourth-order valence-electron chi connectivity index (χ4n) is 4.03. The predicted octanol–water partition coefficient (Wildman–Crippen LogP) is 2.72. The second kappa shape index (κ2) is 12.5. The quantitative estimate of drug-likeness (QED) is 0.607. The minimum Gasteiger partial charge on any atom is -0.462 e. The predicted molar refractivity (Wildman–Crippen MR) is 132 cm³/mol. The molecular weight excluding hydrogens is 448 g/mol. The normalized spacial score (nSPS) is 15.4. The molecule has 0 saturated heterocycles. The number of hydrogen-bond acceptors (Lipinski definition) is 6. The molecule has 1 N–H and O–H groups in total. The summed E-state index contributed by atoms with van der Waals surface area (Å²) in [5, 5.41) is 7.72. The smallest absolute Gasteiger partial charge is 0.338 e. The maximum atomic E-state index is 12.9. The number of aromatic nitrogens is 2. The van der Waals surface area contributed by atoms with Crippen molar-refractivity contribution >= 4 is 17.8 Å². The SMILES string of the molecule is CCc1nn(C[C@@H](C)COC(=O)c2ccc(C(=O)N(C)C)cc2)c2c1C(=O)NCCCOCCC2. The first kappa shape index (κ1) is 26.4. The third-order valence-corrected chi connectivity index (χ3v) is 5.90. The molecule has 2 aromatic rings. The zero-order valence-electron chi connectivity index (χ0n) is 21.1. The van der Waals surface area contributed by atoms with Gasteiger partial charge in [-0.15, -0.1) is 0 Å². The summed E-state index contributed by atoms with van der Waals surface area (Å²) in [5.74, 6) is -0.660. The summed E-state index contributed by atoms with van der Waals surface area (Å²) < 4.78 is 13.1. The van der Waals surface area contributed by atoms with Gasteiger partial charge in [0, 0.05) is 51.9 Å². The van der Waals surface area contributed by atoms with E-state index >= 15 is 0 Å². The lowest BCUT2D eigenvalue weighted by Crippen LogP contribution is -2.27. The molecular formula is C26H36N4O5. The fraction of sp³-hybridized carbons (Fsp3) is 0.538. The molecule has 0 spiro atoms. The number of rotatable bonds is 7. The molecule has 0 radical (unpaired) electrons. The van der Waals surface area contributed by atoms with Crippen LogP contribution < -0.4 is 5.32 Å². The van der Waals surface area contributed by atoms with Gasteiger partial charge in [-0.3, -0.25) is 14.3 Å². The molecule has 1 aromatic carbocycles. The van der Waals surface area contributed by atoms with Gasteiger partial charge in [-0.2, -0.15) is 5.10 Å². The van der Waals surface area contributed by atoms with Crippen molar-refractivity contribution in [1.82, 2.24) is 20.0 Å². The number of amides is 2. The first-order valence-corrected chi connectivity index (χ1v) is 12.2. The van der Waals surface area contributed by atoms with Gasteiger partial charge in [0.1, 0.15) is 0 Å². The Kier molecular flexibility index (Phi) is 9.42. The van der Waals surface area contributed by atoms with Crippen LogP contribution in [0.5, 0.6) is 0 Å². The highest BCUT2D eigenvalue weighted by molar-refractivity contribution is 5.97. The van der Waals surface area contributed by atoms with Gasteiger partial charge in [0.05, 0.1) is 29.1 Å². The molecule has 9 nitrogen and oxygen atoms in total. The van der Waals surface area contributed by atoms with Gasteiger partial charge in [0.2, 0.25) is 0 Å². The Morgan fingerprint density at radius 2 is 1.86 bits per heavy atom. The first-order chi connectivity index (χ1) is 16.8. The first-order valence-electron chi connectivity index (χ1n) is 12.2. The molecule has 0 unspecified atom stereocenters. The molecule has 1 aliphatic heterocycles. The molecule has 9 heteroatoms. The summed E-state index contributed by atoms with van der Waals surface area (Å²) in [6.07, 6.45) is 2.95. The van der Waals surface area contributed by atoms with E-state index in [4.69, 9.17) is 14.6 Å². The summed E-state index contributed by atoms with van der Waals surface area (Å²) in [7, 11) is 3.36. The van der Waals surface area contributed by atoms with Crippen LogP contribution in [0.2, 0.25) is 0 Å². The van der Waals surface area contributed by atoms with Crippen LogP contribution in [0, 0.1) is 5.92 Å². The van der Waals surface area contributed by atoms with Gasteiger partial charge >= 0.3 is 5.97 Å². The lowest BCUT2D eigenvalue weighted by Gasteiger charge is -2.15. The molecule has 0 fully saturated rings. The third-order valence-electron chi connectivity index (χ3n) is 5.90. The Balaban J connectivity index is 1.66. The van der Waals surface area contributed by atoms with Gasteiger partial charge in [0.15, 0.2) is 0 Å². The van der Waals surface area contributed by atoms with Crippen LogP contribution in [-0.4, -0.2) is 72.9 Å². The summed E-state index contributed by atoms with van der Waals surface area (Å²) in [4.78, 5) is 38.9. The largest absolute Gasteiger partial charge is 0.462 e. The third kappa shape index (κ3) is 6.91. The lowest BCUT2D eigenvalue weighted by atomic mass is 10.1. The van der Waals surface area contributed by atoms with Crippen LogP contribution in [-0.2, 0) is 28.9 Å². The standard InChI is InChI=1S/C26H36N4O5/c1-5-21-23-22(8-6-14-34-15-7-13-27-24(23)31)30(28-21)16-18(2)17-35-26(33)20-11-9-19(10-12-20)25(32)29(3)4/h9-12,18H,5-8,13-17H2,1-4H3,(H,27,31)/t18-/m1/s1. The van der Waals surface area contributed by atoms with E-state index in [1.807, 2.05) is 18.5 Å². The minimum atomic E-state index is -0.439.